The highest BCUT2D eigenvalue weighted by Gasteiger charge is 2.11. The first-order chi connectivity index (χ1) is 9.63. The van der Waals surface area contributed by atoms with Crippen LogP contribution in [0.2, 0.25) is 0 Å². The van der Waals surface area contributed by atoms with Crippen molar-refractivity contribution in [3.63, 3.8) is 0 Å². The molecule has 2 rings (SSSR count). The molecule has 0 unspecified atom stereocenters. The highest BCUT2D eigenvalue weighted by Crippen LogP contribution is 2.21. The molecule has 108 valence electrons. The Balaban J connectivity index is 2.16. The Morgan fingerprint density at radius 2 is 2.10 bits per heavy atom. The Kier molecular flexibility index (Phi) is 4.79. The van der Waals surface area contributed by atoms with Crippen molar-refractivity contribution >= 4 is 5.69 Å². The number of nitrogens with zero attached hydrogens (tertiary/aromatic N) is 1. The van der Waals surface area contributed by atoms with Gasteiger partial charge in [0.2, 0.25) is 0 Å². The van der Waals surface area contributed by atoms with Gasteiger partial charge in [0, 0.05) is 24.3 Å². The van der Waals surface area contributed by atoms with E-state index in [0.717, 1.165) is 35.9 Å². The summed E-state index contributed by atoms with van der Waals surface area (Å²) in [6, 6.07) is 8.71. The summed E-state index contributed by atoms with van der Waals surface area (Å²) in [6.07, 6.45) is 0. The monoisotopic (exact) mass is 276 g/mol. The lowest BCUT2D eigenvalue weighted by molar-refractivity contribution is 0.475. The number of anilines is 1. The van der Waals surface area contributed by atoms with Crippen molar-refractivity contribution in [3.05, 3.63) is 53.2 Å². The summed E-state index contributed by atoms with van der Waals surface area (Å²) in [5.74, 6) is 1.62. The molecule has 0 saturated carbocycles. The quantitative estimate of drug-likeness (QED) is 0.875. The standard InChI is InChI=1S/C16H21FN2O/c1-4-19(15-7-5-6-14(17)9-15)11-16-8-13(10-18-3)12(2)20-16/h5-9,18H,4,10-11H2,1-3H3. The molecular weight excluding hydrogens is 255 g/mol. The van der Waals surface area contributed by atoms with E-state index in [4.69, 9.17) is 4.42 Å². The van der Waals surface area contributed by atoms with Gasteiger partial charge in [-0.1, -0.05) is 6.07 Å². The topological polar surface area (TPSA) is 28.4 Å². The maximum atomic E-state index is 13.3. The predicted molar refractivity (Wildman–Crippen MR) is 79.3 cm³/mol. The van der Waals surface area contributed by atoms with Crippen molar-refractivity contribution in [2.45, 2.75) is 26.9 Å². The van der Waals surface area contributed by atoms with E-state index in [-0.39, 0.29) is 5.82 Å². The van der Waals surface area contributed by atoms with Gasteiger partial charge in [0.05, 0.1) is 6.54 Å². The maximum Gasteiger partial charge on any atom is 0.125 e. The zero-order chi connectivity index (χ0) is 14.5. The minimum Gasteiger partial charge on any atom is -0.464 e. The first-order valence-corrected chi connectivity index (χ1v) is 6.87. The molecule has 1 aromatic carbocycles. The van der Waals surface area contributed by atoms with Crippen LogP contribution in [0.1, 0.15) is 24.0 Å². The van der Waals surface area contributed by atoms with Crippen molar-refractivity contribution < 1.29 is 8.81 Å². The average Bonchev–Trinajstić information content (AvgIpc) is 2.77. The lowest BCUT2D eigenvalue weighted by atomic mass is 10.2. The molecule has 0 atom stereocenters. The van der Waals surface area contributed by atoms with Gasteiger partial charge >= 0.3 is 0 Å². The third kappa shape index (κ3) is 3.39. The van der Waals surface area contributed by atoms with Crippen molar-refractivity contribution in [2.75, 3.05) is 18.5 Å². The molecule has 0 radical (unpaired) electrons. The fourth-order valence-corrected chi connectivity index (χ4v) is 2.28. The lowest BCUT2D eigenvalue weighted by Crippen LogP contribution is -2.21. The Morgan fingerprint density at radius 3 is 2.75 bits per heavy atom. The van der Waals surface area contributed by atoms with Crippen LogP contribution < -0.4 is 10.2 Å². The summed E-state index contributed by atoms with van der Waals surface area (Å²) in [6.45, 7) is 6.25. The van der Waals surface area contributed by atoms with E-state index in [9.17, 15) is 4.39 Å². The van der Waals surface area contributed by atoms with Crippen molar-refractivity contribution in [3.8, 4) is 0 Å². The SMILES string of the molecule is CCN(Cc1cc(CNC)c(C)o1)c1cccc(F)c1. The molecule has 0 aliphatic carbocycles. The Hall–Kier alpha value is -1.81. The molecule has 2 aromatic rings. The number of halogens is 1. The minimum atomic E-state index is -0.215. The van der Waals surface area contributed by atoms with Gasteiger partial charge in [-0.2, -0.15) is 0 Å². The lowest BCUT2D eigenvalue weighted by Gasteiger charge is -2.21. The summed E-state index contributed by atoms with van der Waals surface area (Å²) in [4.78, 5) is 2.09. The van der Waals surface area contributed by atoms with Crippen LogP contribution in [0.4, 0.5) is 10.1 Å². The number of aryl methyl sites for hydroxylation is 1. The molecular formula is C16H21FN2O. The van der Waals surface area contributed by atoms with Crippen LogP contribution in [0.15, 0.2) is 34.7 Å². The molecule has 1 heterocycles. The van der Waals surface area contributed by atoms with Gasteiger partial charge in [-0.05, 0) is 45.2 Å². The highest BCUT2D eigenvalue weighted by atomic mass is 19.1. The van der Waals surface area contributed by atoms with Crippen LogP contribution in [-0.2, 0) is 13.1 Å². The molecule has 0 amide bonds. The largest absolute Gasteiger partial charge is 0.464 e. The summed E-state index contributed by atoms with van der Waals surface area (Å²) < 4.78 is 19.1. The molecule has 0 bridgehead atoms. The van der Waals surface area contributed by atoms with E-state index in [1.807, 2.05) is 20.0 Å². The van der Waals surface area contributed by atoms with E-state index in [1.165, 1.54) is 6.07 Å². The maximum absolute atomic E-state index is 13.3. The van der Waals surface area contributed by atoms with Gasteiger partial charge in [0.15, 0.2) is 0 Å². The summed E-state index contributed by atoms with van der Waals surface area (Å²) >= 11 is 0. The van der Waals surface area contributed by atoms with Gasteiger partial charge in [0.1, 0.15) is 17.3 Å². The van der Waals surface area contributed by atoms with Crippen LogP contribution >= 0.6 is 0 Å². The number of furan rings is 1. The molecule has 20 heavy (non-hydrogen) atoms. The number of hydrogen-bond donors (Lipinski definition) is 1. The van der Waals surface area contributed by atoms with Crippen LogP contribution in [0, 0.1) is 12.7 Å². The normalized spacial score (nSPS) is 10.8. The fraction of sp³-hybridized carbons (Fsp3) is 0.375. The number of rotatable bonds is 6. The molecule has 0 spiro atoms. The van der Waals surface area contributed by atoms with Crippen LogP contribution in [0.3, 0.4) is 0 Å². The second-order valence-electron chi connectivity index (χ2n) is 4.82. The van der Waals surface area contributed by atoms with Gasteiger partial charge in [-0.3, -0.25) is 0 Å². The number of nitrogens with one attached hydrogen (secondary N) is 1. The molecule has 0 aliphatic heterocycles. The Bertz CT molecular complexity index is 565. The second kappa shape index (κ2) is 6.57. The predicted octanol–water partition coefficient (Wildman–Crippen LogP) is 3.47. The summed E-state index contributed by atoms with van der Waals surface area (Å²) in [7, 11) is 1.91. The van der Waals surface area contributed by atoms with E-state index in [0.29, 0.717) is 6.54 Å². The molecule has 4 heteroatoms. The highest BCUT2D eigenvalue weighted by molar-refractivity contribution is 5.46. The van der Waals surface area contributed by atoms with Gasteiger partial charge in [-0.15, -0.1) is 0 Å². The van der Waals surface area contributed by atoms with Crippen molar-refractivity contribution in [1.29, 1.82) is 0 Å². The molecule has 1 aromatic heterocycles. The number of hydrogen-bond acceptors (Lipinski definition) is 3. The van der Waals surface area contributed by atoms with Crippen molar-refractivity contribution in [1.82, 2.24) is 5.32 Å². The first kappa shape index (κ1) is 14.6. The van der Waals surface area contributed by atoms with Gasteiger partial charge < -0.3 is 14.6 Å². The third-order valence-electron chi connectivity index (χ3n) is 3.34. The van der Waals surface area contributed by atoms with E-state index < -0.39 is 0 Å². The van der Waals surface area contributed by atoms with Gasteiger partial charge in [0.25, 0.3) is 0 Å². The van der Waals surface area contributed by atoms with Crippen LogP contribution in [0.25, 0.3) is 0 Å². The molecule has 0 fully saturated rings. The zero-order valence-corrected chi connectivity index (χ0v) is 12.2. The second-order valence-corrected chi connectivity index (χ2v) is 4.82. The van der Waals surface area contributed by atoms with E-state index in [1.54, 1.807) is 12.1 Å². The van der Waals surface area contributed by atoms with E-state index >= 15 is 0 Å². The van der Waals surface area contributed by atoms with Crippen molar-refractivity contribution in [2.24, 2.45) is 0 Å². The summed E-state index contributed by atoms with van der Waals surface area (Å²) in [5.41, 5.74) is 2.04. The fourth-order valence-electron chi connectivity index (χ4n) is 2.28. The van der Waals surface area contributed by atoms with E-state index in [2.05, 4.69) is 23.2 Å². The zero-order valence-electron chi connectivity index (χ0n) is 12.2. The molecule has 0 saturated heterocycles. The minimum absolute atomic E-state index is 0.215. The van der Waals surface area contributed by atoms with Gasteiger partial charge in [-0.25, -0.2) is 4.39 Å². The smallest absolute Gasteiger partial charge is 0.125 e. The summed E-state index contributed by atoms with van der Waals surface area (Å²) in [5, 5.41) is 3.12. The Labute approximate surface area is 119 Å². The van der Waals surface area contributed by atoms with Crippen LogP contribution in [0.5, 0.6) is 0 Å². The number of benzene rings is 1. The molecule has 3 nitrogen and oxygen atoms in total. The molecule has 1 N–H and O–H groups in total. The average molecular weight is 276 g/mol. The van der Waals surface area contributed by atoms with Crippen LogP contribution in [-0.4, -0.2) is 13.6 Å². The third-order valence-corrected chi connectivity index (χ3v) is 3.34. The molecule has 0 aliphatic rings. The first-order valence-electron chi connectivity index (χ1n) is 6.87. The Morgan fingerprint density at radius 1 is 1.30 bits per heavy atom.